The molecule has 2 heteroatoms. The monoisotopic (exact) mass is 224 g/mol. The highest BCUT2D eigenvalue weighted by atomic mass is 15.2. The summed E-state index contributed by atoms with van der Waals surface area (Å²) in [4.78, 5) is 2.77. The normalized spacial score (nSPS) is 31.1. The minimum Gasteiger partial charge on any atom is -0.313 e. The van der Waals surface area contributed by atoms with Gasteiger partial charge in [0, 0.05) is 18.1 Å². The van der Waals surface area contributed by atoms with Crippen LogP contribution in [0, 0.1) is 5.92 Å². The lowest BCUT2D eigenvalue weighted by atomic mass is 9.76. The van der Waals surface area contributed by atoms with E-state index in [0.29, 0.717) is 5.54 Å². The lowest BCUT2D eigenvalue weighted by Gasteiger charge is -2.48. The van der Waals surface area contributed by atoms with Crippen LogP contribution in [-0.4, -0.2) is 36.1 Å². The minimum atomic E-state index is 0.543. The smallest absolute Gasteiger partial charge is 0.0197 e. The largest absolute Gasteiger partial charge is 0.313 e. The van der Waals surface area contributed by atoms with E-state index in [0.717, 1.165) is 12.0 Å². The second-order valence-electron chi connectivity index (χ2n) is 6.43. The van der Waals surface area contributed by atoms with Crippen molar-refractivity contribution >= 4 is 0 Å². The van der Waals surface area contributed by atoms with E-state index in [2.05, 4.69) is 31.0 Å². The molecular weight excluding hydrogens is 196 g/mol. The molecule has 94 valence electrons. The van der Waals surface area contributed by atoms with Gasteiger partial charge in [-0.25, -0.2) is 0 Å². The van der Waals surface area contributed by atoms with Gasteiger partial charge in [0.05, 0.1) is 0 Å². The average molecular weight is 224 g/mol. The van der Waals surface area contributed by atoms with Crippen LogP contribution in [0.5, 0.6) is 0 Å². The first-order chi connectivity index (χ1) is 7.60. The van der Waals surface area contributed by atoms with Gasteiger partial charge in [0.15, 0.2) is 0 Å². The summed E-state index contributed by atoms with van der Waals surface area (Å²) in [6.07, 6.45) is 6.93. The molecule has 0 amide bonds. The Morgan fingerprint density at radius 1 is 1.31 bits per heavy atom. The molecule has 1 saturated carbocycles. The van der Waals surface area contributed by atoms with E-state index in [-0.39, 0.29) is 0 Å². The summed E-state index contributed by atoms with van der Waals surface area (Å²) in [6, 6.07) is 0.722. The first-order valence-electron chi connectivity index (χ1n) is 7.08. The van der Waals surface area contributed by atoms with E-state index in [1.54, 1.807) is 0 Å². The fourth-order valence-electron chi connectivity index (χ4n) is 3.22. The Kier molecular flexibility index (Phi) is 3.91. The quantitative estimate of drug-likeness (QED) is 0.793. The Labute approximate surface area is 101 Å². The van der Waals surface area contributed by atoms with Crippen molar-refractivity contribution < 1.29 is 0 Å². The van der Waals surface area contributed by atoms with Crippen molar-refractivity contribution in [3.05, 3.63) is 0 Å². The Hall–Kier alpha value is -0.0800. The summed E-state index contributed by atoms with van der Waals surface area (Å²) in [6.45, 7) is 10.9. The summed E-state index contributed by atoms with van der Waals surface area (Å²) in [7, 11) is 0. The van der Waals surface area contributed by atoms with Gasteiger partial charge >= 0.3 is 0 Å². The van der Waals surface area contributed by atoms with E-state index in [1.165, 1.54) is 51.7 Å². The Bertz CT molecular complexity index is 221. The third-order valence-electron chi connectivity index (χ3n) is 4.43. The van der Waals surface area contributed by atoms with Crippen molar-refractivity contribution in [2.24, 2.45) is 5.92 Å². The van der Waals surface area contributed by atoms with Crippen LogP contribution in [0.3, 0.4) is 0 Å². The Morgan fingerprint density at radius 2 is 2.06 bits per heavy atom. The van der Waals surface area contributed by atoms with Gasteiger partial charge in [-0.05, 0) is 58.0 Å². The van der Waals surface area contributed by atoms with Gasteiger partial charge in [0.25, 0.3) is 0 Å². The highest BCUT2D eigenvalue weighted by Gasteiger charge is 2.38. The van der Waals surface area contributed by atoms with Crippen LogP contribution in [0.15, 0.2) is 0 Å². The molecule has 2 nitrogen and oxygen atoms in total. The molecule has 0 bridgehead atoms. The topological polar surface area (TPSA) is 15.3 Å². The zero-order chi connectivity index (χ0) is 11.6. The van der Waals surface area contributed by atoms with Gasteiger partial charge in [-0.15, -0.1) is 0 Å². The minimum absolute atomic E-state index is 0.543. The molecule has 1 saturated heterocycles. The molecule has 0 spiro atoms. The van der Waals surface area contributed by atoms with Crippen molar-refractivity contribution in [3.8, 4) is 0 Å². The summed E-state index contributed by atoms with van der Waals surface area (Å²) in [5.41, 5.74) is 0.543. The number of nitrogens with one attached hydrogen (secondary N) is 1. The van der Waals surface area contributed by atoms with Crippen LogP contribution in [0.2, 0.25) is 0 Å². The highest BCUT2D eigenvalue weighted by Crippen LogP contribution is 2.37. The molecule has 16 heavy (non-hydrogen) atoms. The fraction of sp³-hybridized carbons (Fsp3) is 1.00. The maximum atomic E-state index is 3.72. The summed E-state index contributed by atoms with van der Waals surface area (Å²) < 4.78 is 0. The van der Waals surface area contributed by atoms with Crippen LogP contribution < -0.4 is 5.32 Å². The number of rotatable bonds is 3. The standard InChI is InChI=1S/C14H28N2/c1-12(2)10-13-11-16(9-5-8-15-13)14(3)6-4-7-14/h12-13,15H,4-11H2,1-3H3. The van der Waals surface area contributed by atoms with Gasteiger partial charge in [-0.3, -0.25) is 4.90 Å². The third kappa shape index (κ3) is 2.78. The molecule has 2 fully saturated rings. The first-order valence-corrected chi connectivity index (χ1v) is 7.08. The SMILES string of the molecule is CC(C)CC1CN(C2(C)CCC2)CCCN1. The molecule has 0 aromatic carbocycles. The molecule has 0 aromatic heterocycles. The highest BCUT2D eigenvalue weighted by molar-refractivity contribution is 4.96. The lowest BCUT2D eigenvalue weighted by molar-refractivity contribution is 0.0296. The molecule has 1 aliphatic heterocycles. The third-order valence-corrected chi connectivity index (χ3v) is 4.43. The van der Waals surface area contributed by atoms with Crippen molar-refractivity contribution in [3.63, 3.8) is 0 Å². The van der Waals surface area contributed by atoms with Crippen LogP contribution in [0.4, 0.5) is 0 Å². The molecule has 1 atom stereocenters. The predicted molar refractivity (Wildman–Crippen MR) is 69.7 cm³/mol. The summed E-state index contributed by atoms with van der Waals surface area (Å²) in [5, 5.41) is 3.72. The second-order valence-corrected chi connectivity index (χ2v) is 6.43. The van der Waals surface area contributed by atoms with Crippen molar-refractivity contribution in [1.29, 1.82) is 0 Å². The second kappa shape index (κ2) is 5.05. The lowest BCUT2D eigenvalue weighted by Crippen LogP contribution is -2.54. The number of nitrogens with zero attached hydrogens (tertiary/aromatic N) is 1. The molecule has 1 aliphatic carbocycles. The van der Waals surface area contributed by atoms with Crippen molar-refractivity contribution in [2.75, 3.05) is 19.6 Å². The van der Waals surface area contributed by atoms with E-state index in [4.69, 9.17) is 0 Å². The van der Waals surface area contributed by atoms with Gasteiger partial charge in [0.1, 0.15) is 0 Å². The molecule has 1 unspecified atom stereocenters. The van der Waals surface area contributed by atoms with Crippen molar-refractivity contribution in [2.45, 2.75) is 64.5 Å². The van der Waals surface area contributed by atoms with Crippen LogP contribution in [-0.2, 0) is 0 Å². The van der Waals surface area contributed by atoms with Crippen LogP contribution in [0.25, 0.3) is 0 Å². The summed E-state index contributed by atoms with van der Waals surface area (Å²) in [5.74, 6) is 0.812. The first kappa shape index (κ1) is 12.4. The molecule has 0 aromatic rings. The number of hydrogen-bond donors (Lipinski definition) is 1. The van der Waals surface area contributed by atoms with Gasteiger partial charge < -0.3 is 5.32 Å². The maximum Gasteiger partial charge on any atom is 0.0197 e. The van der Waals surface area contributed by atoms with Crippen LogP contribution in [0.1, 0.15) is 52.9 Å². The van der Waals surface area contributed by atoms with Crippen molar-refractivity contribution in [1.82, 2.24) is 10.2 Å². The molecular formula is C14H28N2. The predicted octanol–water partition coefficient (Wildman–Crippen LogP) is 2.64. The van der Waals surface area contributed by atoms with Gasteiger partial charge in [-0.2, -0.15) is 0 Å². The van der Waals surface area contributed by atoms with E-state index >= 15 is 0 Å². The van der Waals surface area contributed by atoms with Gasteiger partial charge in [0.2, 0.25) is 0 Å². The summed E-state index contributed by atoms with van der Waals surface area (Å²) >= 11 is 0. The average Bonchev–Trinajstić information content (AvgIpc) is 2.39. The molecule has 0 radical (unpaired) electrons. The Morgan fingerprint density at radius 3 is 2.62 bits per heavy atom. The number of hydrogen-bond acceptors (Lipinski definition) is 2. The van der Waals surface area contributed by atoms with Gasteiger partial charge in [-0.1, -0.05) is 13.8 Å². The molecule has 1 N–H and O–H groups in total. The zero-order valence-corrected chi connectivity index (χ0v) is 11.3. The molecule has 2 rings (SSSR count). The zero-order valence-electron chi connectivity index (χ0n) is 11.3. The van der Waals surface area contributed by atoms with E-state index < -0.39 is 0 Å². The van der Waals surface area contributed by atoms with E-state index in [9.17, 15) is 0 Å². The van der Waals surface area contributed by atoms with Crippen LogP contribution >= 0.6 is 0 Å². The fourth-order valence-corrected chi connectivity index (χ4v) is 3.22. The van der Waals surface area contributed by atoms with E-state index in [1.807, 2.05) is 0 Å². The Balaban J connectivity index is 1.92. The molecule has 1 heterocycles. The molecule has 2 aliphatic rings. The maximum absolute atomic E-state index is 3.72.